The van der Waals surface area contributed by atoms with Gasteiger partial charge >= 0.3 is 5.97 Å². The van der Waals surface area contributed by atoms with Gasteiger partial charge in [-0.15, -0.1) is 0 Å². The highest BCUT2D eigenvalue weighted by molar-refractivity contribution is 7.95. The van der Waals surface area contributed by atoms with Crippen molar-refractivity contribution in [3.63, 3.8) is 0 Å². The van der Waals surface area contributed by atoms with Gasteiger partial charge in [0.15, 0.2) is 0 Å². The van der Waals surface area contributed by atoms with Gasteiger partial charge in [-0.05, 0) is 83.5 Å². The van der Waals surface area contributed by atoms with Crippen molar-refractivity contribution in [1.82, 2.24) is 0 Å². The topological polar surface area (TPSA) is 87.6 Å². The first kappa shape index (κ1) is 26.9. The van der Waals surface area contributed by atoms with E-state index >= 15 is 0 Å². The third-order valence-corrected chi connectivity index (χ3v) is 6.76. The smallest absolute Gasteiger partial charge is 0.343 e. The Morgan fingerprint density at radius 3 is 2.53 bits per heavy atom. The molecule has 0 spiro atoms. The van der Waals surface area contributed by atoms with Crippen molar-refractivity contribution in [3.05, 3.63) is 119 Å². The number of aryl methyl sites for hydroxylation is 1. The van der Waals surface area contributed by atoms with Gasteiger partial charge in [0.05, 0.1) is 29.2 Å². The molecule has 0 aliphatic heterocycles. The lowest BCUT2D eigenvalue weighted by atomic mass is 9.98. The van der Waals surface area contributed by atoms with Gasteiger partial charge in [-0.3, -0.25) is 0 Å². The number of hydrogen-bond acceptors (Lipinski definition) is 6. The first-order valence-corrected chi connectivity index (χ1v) is 13.4. The van der Waals surface area contributed by atoms with Crippen LogP contribution in [0.5, 0.6) is 5.75 Å². The zero-order valence-corrected chi connectivity index (χ0v) is 22.2. The second-order valence-electron chi connectivity index (χ2n) is 8.84. The average Bonchev–Trinajstić information content (AvgIpc) is 3.39. The molecule has 5 nitrogen and oxygen atoms in total. The summed E-state index contributed by atoms with van der Waals surface area (Å²) in [5, 5.41) is 0. The minimum Gasteiger partial charge on any atom is -0.494 e. The molecule has 0 fully saturated rings. The van der Waals surface area contributed by atoms with Gasteiger partial charge in [-0.2, -0.15) is 0 Å². The number of nitrogen functional groups attached to an aromatic ring is 2. The van der Waals surface area contributed by atoms with E-state index in [2.05, 4.69) is 55.5 Å². The molecule has 0 radical (unpaired) electrons. The van der Waals surface area contributed by atoms with Crippen LogP contribution in [-0.4, -0.2) is 12.6 Å². The highest BCUT2D eigenvalue weighted by atomic mass is 32.2. The van der Waals surface area contributed by atoms with Crippen LogP contribution < -0.4 is 16.2 Å². The zero-order valence-electron chi connectivity index (χ0n) is 21.4. The van der Waals surface area contributed by atoms with E-state index in [0.717, 1.165) is 42.6 Å². The van der Waals surface area contributed by atoms with Crippen LogP contribution in [-0.2, 0) is 15.4 Å². The summed E-state index contributed by atoms with van der Waals surface area (Å²) in [6, 6.07) is 21.4. The Morgan fingerprint density at radius 2 is 1.79 bits per heavy atom. The Bertz CT molecular complexity index is 1370. The first-order valence-electron chi connectivity index (χ1n) is 12.6. The summed E-state index contributed by atoms with van der Waals surface area (Å²) in [6.45, 7) is 2.79. The van der Waals surface area contributed by atoms with Crippen LogP contribution in [0.3, 0.4) is 0 Å². The van der Waals surface area contributed by atoms with Gasteiger partial charge in [0.25, 0.3) is 0 Å². The minimum atomic E-state index is -0.478. The maximum atomic E-state index is 12.0. The summed E-state index contributed by atoms with van der Waals surface area (Å²) in [6.07, 6.45) is 14.7. The van der Waals surface area contributed by atoms with E-state index in [1.807, 2.05) is 24.3 Å². The quantitative estimate of drug-likeness (QED) is 0.117. The number of anilines is 2. The van der Waals surface area contributed by atoms with Gasteiger partial charge in [-0.25, -0.2) is 4.79 Å². The largest absolute Gasteiger partial charge is 0.494 e. The maximum absolute atomic E-state index is 12.0. The van der Waals surface area contributed by atoms with Crippen molar-refractivity contribution in [2.24, 2.45) is 0 Å². The van der Waals surface area contributed by atoms with Crippen LogP contribution in [0, 0.1) is 0 Å². The molecule has 0 heterocycles. The lowest BCUT2D eigenvalue weighted by Crippen LogP contribution is -1.99. The third kappa shape index (κ3) is 7.67. The Morgan fingerprint density at radius 1 is 1.00 bits per heavy atom. The molecule has 0 atom stereocenters. The highest BCUT2D eigenvalue weighted by Gasteiger charge is 2.09. The highest BCUT2D eigenvalue weighted by Crippen LogP contribution is 2.29. The number of ether oxygens (including phenoxy) is 1. The lowest BCUT2D eigenvalue weighted by molar-refractivity contribution is -0.127. The SMILES string of the molecule is CC/C=C1/C=CC=C1c1ccc(CCCOc2ccc(/C=C/C(=O)OSc3ccc(N)cc3N)cc2)cc1. The number of benzene rings is 3. The molecule has 3 aromatic carbocycles. The minimum absolute atomic E-state index is 0.466. The molecular formula is C32H32N2O3S. The van der Waals surface area contributed by atoms with E-state index in [-0.39, 0.29) is 0 Å². The van der Waals surface area contributed by atoms with Crippen molar-refractivity contribution < 1.29 is 13.7 Å². The van der Waals surface area contributed by atoms with Gasteiger partial charge in [0.1, 0.15) is 5.75 Å². The maximum Gasteiger partial charge on any atom is 0.343 e. The standard InChI is InChI=1S/C32H32N2O3S/c1-2-5-25-7-3-8-29(25)26-14-9-23(10-15-26)6-4-21-36-28-17-11-24(12-18-28)13-20-32(35)37-38-31-19-16-27(33)22-30(31)34/h3,5,7-20,22H,2,4,6,21,33-34H2,1H3/b20-13+,25-5-. The van der Waals surface area contributed by atoms with E-state index in [1.54, 1.807) is 24.3 Å². The number of hydrogen-bond donors (Lipinski definition) is 2. The Labute approximate surface area is 228 Å². The van der Waals surface area contributed by atoms with Gasteiger partial charge in [-0.1, -0.05) is 67.6 Å². The van der Waals surface area contributed by atoms with Crippen LogP contribution in [0.4, 0.5) is 11.4 Å². The molecule has 0 amide bonds. The van der Waals surface area contributed by atoms with Crippen LogP contribution in [0.1, 0.15) is 36.5 Å². The van der Waals surface area contributed by atoms with Crippen molar-refractivity contribution >= 4 is 41.0 Å². The molecule has 1 aliphatic carbocycles. The molecule has 3 aromatic rings. The second-order valence-corrected chi connectivity index (χ2v) is 9.61. The normalized spacial score (nSPS) is 13.7. The van der Waals surface area contributed by atoms with E-state index < -0.39 is 5.97 Å². The average molecular weight is 525 g/mol. The van der Waals surface area contributed by atoms with Crippen LogP contribution in [0.25, 0.3) is 11.6 Å². The van der Waals surface area contributed by atoms with Gasteiger partial charge in [0.2, 0.25) is 0 Å². The molecule has 194 valence electrons. The second kappa shape index (κ2) is 13.4. The van der Waals surface area contributed by atoms with Crippen molar-refractivity contribution in [3.8, 4) is 5.75 Å². The Kier molecular flexibility index (Phi) is 9.48. The summed E-state index contributed by atoms with van der Waals surface area (Å²) in [5.41, 5.74) is 18.6. The number of carbonyl (C=O) groups is 1. The van der Waals surface area contributed by atoms with Gasteiger partial charge in [0, 0.05) is 11.8 Å². The summed E-state index contributed by atoms with van der Waals surface area (Å²) >= 11 is 0.910. The molecule has 6 heteroatoms. The molecular weight excluding hydrogens is 492 g/mol. The van der Waals surface area contributed by atoms with Crippen LogP contribution >= 0.6 is 12.0 Å². The predicted octanol–water partition coefficient (Wildman–Crippen LogP) is 7.42. The monoisotopic (exact) mass is 524 g/mol. The molecule has 4 rings (SSSR count). The third-order valence-electron chi connectivity index (χ3n) is 5.96. The number of carbonyl (C=O) groups excluding carboxylic acids is 1. The predicted molar refractivity (Wildman–Crippen MR) is 158 cm³/mol. The molecule has 0 saturated heterocycles. The first-order chi connectivity index (χ1) is 18.5. The van der Waals surface area contributed by atoms with E-state index in [9.17, 15) is 4.79 Å². The molecule has 0 aromatic heterocycles. The summed E-state index contributed by atoms with van der Waals surface area (Å²) in [7, 11) is 0. The summed E-state index contributed by atoms with van der Waals surface area (Å²) in [5.74, 6) is 0.319. The van der Waals surface area contributed by atoms with Crippen molar-refractivity contribution in [2.75, 3.05) is 18.1 Å². The summed E-state index contributed by atoms with van der Waals surface area (Å²) in [4.78, 5) is 12.7. The van der Waals surface area contributed by atoms with E-state index in [1.165, 1.54) is 28.3 Å². The lowest BCUT2D eigenvalue weighted by Gasteiger charge is -2.09. The van der Waals surface area contributed by atoms with Crippen molar-refractivity contribution in [1.29, 1.82) is 0 Å². The zero-order chi connectivity index (χ0) is 26.7. The summed E-state index contributed by atoms with van der Waals surface area (Å²) < 4.78 is 11.1. The number of allylic oxidation sites excluding steroid dienone is 6. The Hall–Kier alpha value is -4.16. The molecule has 0 bridgehead atoms. The fourth-order valence-electron chi connectivity index (χ4n) is 4.01. The fourth-order valence-corrected chi connectivity index (χ4v) is 4.51. The van der Waals surface area contributed by atoms with E-state index in [0.29, 0.717) is 22.9 Å². The van der Waals surface area contributed by atoms with Crippen LogP contribution in [0.15, 0.2) is 108 Å². The molecule has 1 aliphatic rings. The fraction of sp³-hybridized carbons (Fsp3) is 0.156. The number of nitrogens with two attached hydrogens (primary N) is 2. The van der Waals surface area contributed by atoms with Gasteiger partial charge < -0.3 is 20.4 Å². The van der Waals surface area contributed by atoms with E-state index in [4.69, 9.17) is 20.4 Å². The number of rotatable bonds is 11. The molecule has 0 unspecified atom stereocenters. The molecule has 4 N–H and O–H groups in total. The Balaban J connectivity index is 1.17. The molecule has 0 saturated carbocycles. The van der Waals surface area contributed by atoms with Crippen LogP contribution in [0.2, 0.25) is 0 Å². The van der Waals surface area contributed by atoms with Crippen molar-refractivity contribution in [2.45, 2.75) is 31.1 Å². The molecule has 38 heavy (non-hydrogen) atoms.